The van der Waals surface area contributed by atoms with Crippen LogP contribution in [-0.4, -0.2) is 33.4 Å². The smallest absolute Gasteiger partial charge is 1.00 e. The zero-order chi connectivity index (χ0) is 8.15. The molecule has 6 heteroatoms. The molecule has 0 amide bonds. The number of hydrogen-bond donors (Lipinski definition) is 3. The van der Waals surface area contributed by atoms with Crippen molar-refractivity contribution in [1.82, 2.24) is 0 Å². The third-order valence-corrected chi connectivity index (χ3v) is 0.820. The molecule has 0 rings (SSSR count). The monoisotopic (exact) mass is 172 g/mol. The molecule has 0 saturated carbocycles. The Kier molecular flexibility index (Phi) is 8.09. The Morgan fingerprint density at radius 2 is 1.45 bits per heavy atom. The summed E-state index contributed by atoms with van der Waals surface area (Å²) in [5, 5.41) is 24.7. The summed E-state index contributed by atoms with van der Waals surface area (Å²) in [6, 6.07) is 0. The quantitative estimate of drug-likeness (QED) is 0.381. The van der Waals surface area contributed by atoms with Crippen LogP contribution in [0.2, 0.25) is 0 Å². The molecule has 0 aliphatic rings. The van der Waals surface area contributed by atoms with Crippen molar-refractivity contribution in [3.05, 3.63) is 0 Å². The summed E-state index contributed by atoms with van der Waals surface area (Å²) in [7, 11) is 0. The molecule has 0 aliphatic heterocycles. The molecule has 0 aliphatic carbocycles. The van der Waals surface area contributed by atoms with Gasteiger partial charge in [-0.25, -0.2) is 0 Å². The van der Waals surface area contributed by atoms with Crippen LogP contribution in [0.1, 0.15) is 14.3 Å². The van der Waals surface area contributed by atoms with E-state index in [2.05, 4.69) is 0 Å². The van der Waals surface area contributed by atoms with Gasteiger partial charge >= 0.3 is 41.5 Å². The Morgan fingerprint density at radius 3 is 1.64 bits per heavy atom. The van der Waals surface area contributed by atoms with Crippen molar-refractivity contribution in [1.29, 1.82) is 0 Å². The van der Waals surface area contributed by atoms with Crippen molar-refractivity contribution in [2.24, 2.45) is 0 Å². The molecule has 0 saturated heterocycles. The summed E-state index contributed by atoms with van der Waals surface area (Å²) in [5.41, 5.74) is 0. The standard InChI is InChI=1S/C5H8O5.Na.H/c6-3(1-4(7)8)2-5(9)10;;/h3,6H,1-2H2,(H,7,8)(H,9,10);;/q;+1;-1. The molecular formula is C5H9NaO5. The van der Waals surface area contributed by atoms with Crippen LogP contribution in [0.4, 0.5) is 0 Å². The Morgan fingerprint density at radius 1 is 1.18 bits per heavy atom. The van der Waals surface area contributed by atoms with Crippen molar-refractivity contribution in [3.8, 4) is 0 Å². The number of carbonyl (C=O) groups is 2. The molecule has 5 nitrogen and oxygen atoms in total. The molecule has 0 spiro atoms. The van der Waals surface area contributed by atoms with Crippen molar-refractivity contribution in [2.75, 3.05) is 0 Å². The van der Waals surface area contributed by atoms with Gasteiger partial charge in [0.15, 0.2) is 0 Å². The zero-order valence-electron chi connectivity index (χ0n) is 7.15. The van der Waals surface area contributed by atoms with Crippen LogP contribution in [0.5, 0.6) is 0 Å². The second-order valence-electron chi connectivity index (χ2n) is 1.85. The summed E-state index contributed by atoms with van der Waals surface area (Å²) < 4.78 is 0. The van der Waals surface area contributed by atoms with Crippen molar-refractivity contribution in [3.63, 3.8) is 0 Å². The summed E-state index contributed by atoms with van der Waals surface area (Å²) >= 11 is 0. The fourth-order valence-electron chi connectivity index (χ4n) is 0.475. The number of aliphatic carboxylic acids is 2. The van der Waals surface area contributed by atoms with E-state index in [-0.39, 0.29) is 31.0 Å². The first-order valence-electron chi connectivity index (χ1n) is 2.64. The van der Waals surface area contributed by atoms with Gasteiger partial charge in [0, 0.05) is 0 Å². The van der Waals surface area contributed by atoms with Gasteiger partial charge in [-0.2, -0.15) is 0 Å². The molecule has 11 heavy (non-hydrogen) atoms. The van der Waals surface area contributed by atoms with E-state index in [0.29, 0.717) is 0 Å². The average Bonchev–Trinajstić information content (AvgIpc) is 1.58. The van der Waals surface area contributed by atoms with Crippen LogP contribution in [0, 0.1) is 0 Å². The Bertz CT molecular complexity index is 135. The van der Waals surface area contributed by atoms with Crippen molar-refractivity contribution >= 4 is 11.9 Å². The largest absolute Gasteiger partial charge is 1.00 e. The van der Waals surface area contributed by atoms with E-state index in [1.165, 1.54) is 0 Å². The fourth-order valence-corrected chi connectivity index (χ4v) is 0.475. The van der Waals surface area contributed by atoms with Crippen LogP contribution in [-0.2, 0) is 9.59 Å². The molecule has 3 N–H and O–H groups in total. The van der Waals surface area contributed by atoms with Crippen LogP contribution < -0.4 is 29.6 Å². The Labute approximate surface area is 86.8 Å². The van der Waals surface area contributed by atoms with Crippen LogP contribution >= 0.6 is 0 Å². The summed E-state index contributed by atoms with van der Waals surface area (Å²) in [4.78, 5) is 19.7. The van der Waals surface area contributed by atoms with Crippen LogP contribution in [0.15, 0.2) is 0 Å². The molecule has 0 atom stereocenters. The second kappa shape index (κ2) is 6.60. The van der Waals surface area contributed by atoms with Gasteiger partial charge in [0.2, 0.25) is 0 Å². The SMILES string of the molecule is O=C(O)CC(O)CC(=O)O.[H-].[Na+]. The predicted molar refractivity (Wildman–Crippen MR) is 31.6 cm³/mol. The molecule has 0 radical (unpaired) electrons. The first kappa shape index (κ1) is 13.5. The Balaban J connectivity index is -0.000000405. The topological polar surface area (TPSA) is 94.8 Å². The number of aliphatic hydroxyl groups excluding tert-OH is 1. The normalized spacial score (nSPS) is 8.91. The second-order valence-corrected chi connectivity index (χ2v) is 1.85. The molecule has 0 unspecified atom stereocenters. The van der Waals surface area contributed by atoms with E-state index in [1.807, 2.05) is 0 Å². The maximum atomic E-state index is 9.84. The van der Waals surface area contributed by atoms with E-state index in [9.17, 15) is 9.59 Å². The number of hydrogen-bond acceptors (Lipinski definition) is 3. The van der Waals surface area contributed by atoms with E-state index < -0.39 is 30.9 Å². The first-order valence-corrected chi connectivity index (χ1v) is 2.64. The molecule has 0 aromatic carbocycles. The maximum Gasteiger partial charge on any atom is 1.00 e. The van der Waals surface area contributed by atoms with Crippen molar-refractivity contribution in [2.45, 2.75) is 18.9 Å². The van der Waals surface area contributed by atoms with Gasteiger partial charge in [-0.3, -0.25) is 9.59 Å². The minimum Gasteiger partial charge on any atom is -1.00 e. The molecule has 0 aromatic heterocycles. The van der Waals surface area contributed by atoms with Gasteiger partial charge < -0.3 is 16.7 Å². The van der Waals surface area contributed by atoms with Crippen molar-refractivity contribution < 1.29 is 55.9 Å². The summed E-state index contributed by atoms with van der Waals surface area (Å²) in [6.07, 6.45) is -2.33. The molecule has 60 valence electrons. The van der Waals surface area contributed by atoms with Crippen LogP contribution in [0.25, 0.3) is 0 Å². The van der Waals surface area contributed by atoms with Gasteiger partial charge in [0.25, 0.3) is 0 Å². The number of rotatable bonds is 4. The minimum atomic E-state index is -1.28. The van der Waals surface area contributed by atoms with Gasteiger partial charge in [-0.15, -0.1) is 0 Å². The molecule has 0 heterocycles. The average molecular weight is 172 g/mol. The minimum absolute atomic E-state index is 0. The molecular weight excluding hydrogens is 163 g/mol. The third kappa shape index (κ3) is 9.90. The summed E-state index contributed by atoms with van der Waals surface area (Å²) in [6.45, 7) is 0. The number of carboxylic acids is 2. The van der Waals surface area contributed by atoms with E-state index in [4.69, 9.17) is 15.3 Å². The first-order chi connectivity index (χ1) is 4.52. The van der Waals surface area contributed by atoms with Crippen LogP contribution in [0.3, 0.4) is 0 Å². The van der Waals surface area contributed by atoms with E-state index in [1.54, 1.807) is 0 Å². The summed E-state index contributed by atoms with van der Waals surface area (Å²) in [5.74, 6) is -2.40. The molecule has 0 aromatic rings. The van der Waals surface area contributed by atoms with Gasteiger partial charge in [-0.1, -0.05) is 0 Å². The molecule has 0 bridgehead atoms. The third-order valence-electron chi connectivity index (χ3n) is 0.820. The van der Waals surface area contributed by atoms with E-state index in [0.717, 1.165) is 0 Å². The predicted octanol–water partition coefficient (Wildman–Crippen LogP) is -3.59. The Hall–Kier alpha value is -0.100. The van der Waals surface area contributed by atoms with Gasteiger partial charge in [0.05, 0.1) is 18.9 Å². The maximum absolute atomic E-state index is 9.84. The van der Waals surface area contributed by atoms with E-state index >= 15 is 0 Å². The van der Waals surface area contributed by atoms with Gasteiger partial charge in [-0.05, 0) is 0 Å². The van der Waals surface area contributed by atoms with Gasteiger partial charge in [0.1, 0.15) is 0 Å². The zero-order valence-corrected chi connectivity index (χ0v) is 8.15. The molecule has 0 fully saturated rings. The number of aliphatic hydroxyl groups is 1. The fraction of sp³-hybridized carbons (Fsp3) is 0.600. The number of carboxylic acid groups (broad SMARTS) is 2.